The minimum Gasteiger partial charge on any atom is -0.391 e. The molecule has 1 amide bonds. The number of aliphatic hydroxyl groups excluding tert-OH is 1. The molecule has 0 radical (unpaired) electrons. The fourth-order valence-corrected chi connectivity index (χ4v) is 7.36. The van der Waals surface area contributed by atoms with Gasteiger partial charge in [-0.3, -0.25) is 13.8 Å². The normalized spacial score (nSPS) is 14.5. The number of quaternary nitrogens is 1. The van der Waals surface area contributed by atoms with Crippen LogP contribution in [0.5, 0.6) is 0 Å². The molecule has 1 unspecified atom stereocenters. The Kier molecular flexibility index (Phi) is 36.3. The molecule has 0 aliphatic rings. The summed E-state index contributed by atoms with van der Waals surface area (Å²) in [5.74, 6) is -0.153. The quantitative estimate of drug-likeness (QED) is 0.0247. The number of phosphoric acid groups is 1. The average Bonchev–Trinajstić information content (AvgIpc) is 3.10. The molecule has 316 valence electrons. The number of nitrogens with zero attached hydrogens (tertiary/aromatic N) is 1. The number of nitrogens with one attached hydrogen (secondary N) is 1. The first kappa shape index (κ1) is 52.2. The number of allylic oxidation sites excluding steroid dienone is 2. The lowest BCUT2D eigenvalue weighted by atomic mass is 10.0. The van der Waals surface area contributed by atoms with Crippen LogP contribution < -0.4 is 5.32 Å². The number of rotatable bonds is 41. The van der Waals surface area contributed by atoms with Crippen LogP contribution in [0, 0.1) is 0 Å². The zero-order valence-corrected chi connectivity index (χ0v) is 36.7. The van der Waals surface area contributed by atoms with Crippen molar-refractivity contribution in [2.75, 3.05) is 40.9 Å². The van der Waals surface area contributed by atoms with E-state index >= 15 is 0 Å². The molecule has 0 rings (SSSR count). The Morgan fingerprint density at radius 2 is 1.02 bits per heavy atom. The number of amides is 1. The van der Waals surface area contributed by atoms with Gasteiger partial charge in [-0.05, 0) is 38.5 Å². The Balaban J connectivity index is 4.21. The molecule has 8 nitrogen and oxygen atoms in total. The van der Waals surface area contributed by atoms with Crippen LogP contribution in [0.3, 0.4) is 0 Å². The van der Waals surface area contributed by atoms with Gasteiger partial charge in [0.2, 0.25) is 5.91 Å². The van der Waals surface area contributed by atoms with Gasteiger partial charge in [-0.2, -0.15) is 0 Å². The van der Waals surface area contributed by atoms with E-state index in [0.29, 0.717) is 23.9 Å². The largest absolute Gasteiger partial charge is 0.472 e. The number of unbranched alkanes of at least 4 members (excludes halogenated alkanes) is 26. The first-order valence-electron chi connectivity index (χ1n) is 22.6. The van der Waals surface area contributed by atoms with E-state index in [1.54, 1.807) is 0 Å². The molecule has 0 aromatic heterocycles. The predicted octanol–water partition coefficient (Wildman–Crippen LogP) is 12.4. The first-order valence-corrected chi connectivity index (χ1v) is 24.0. The summed E-state index contributed by atoms with van der Waals surface area (Å²) in [6, 6.07) is -0.769. The third-order valence-corrected chi connectivity index (χ3v) is 11.2. The van der Waals surface area contributed by atoms with Gasteiger partial charge >= 0.3 is 7.82 Å². The number of hydrogen-bond donors (Lipinski definition) is 3. The maximum Gasteiger partial charge on any atom is 0.472 e. The molecule has 0 aliphatic heterocycles. The van der Waals surface area contributed by atoms with Crippen LogP contribution in [0.1, 0.15) is 213 Å². The monoisotopic (exact) mass is 774 g/mol. The molecule has 0 bridgehead atoms. The van der Waals surface area contributed by atoms with E-state index in [1.807, 2.05) is 21.1 Å². The van der Waals surface area contributed by atoms with Crippen molar-refractivity contribution in [3.05, 3.63) is 12.2 Å². The Hall–Kier alpha value is -0.760. The summed E-state index contributed by atoms with van der Waals surface area (Å²) in [7, 11) is 1.60. The van der Waals surface area contributed by atoms with Crippen molar-refractivity contribution < 1.29 is 32.9 Å². The Labute approximate surface area is 329 Å². The second-order valence-corrected chi connectivity index (χ2v) is 18.2. The fourth-order valence-electron chi connectivity index (χ4n) is 6.63. The zero-order chi connectivity index (χ0) is 39.3. The number of carbonyl (C=O) groups excluding carboxylic acids is 1. The summed E-state index contributed by atoms with van der Waals surface area (Å²) in [4.78, 5) is 23.1. The van der Waals surface area contributed by atoms with Gasteiger partial charge in [0.05, 0.1) is 39.9 Å². The Bertz CT molecular complexity index is 880. The van der Waals surface area contributed by atoms with Gasteiger partial charge in [-0.25, -0.2) is 4.57 Å². The van der Waals surface area contributed by atoms with E-state index in [1.165, 1.54) is 141 Å². The summed E-state index contributed by atoms with van der Waals surface area (Å²) >= 11 is 0. The second kappa shape index (κ2) is 36.9. The highest BCUT2D eigenvalue weighted by Crippen LogP contribution is 2.43. The number of likely N-dealkylation sites (N-methyl/N-ethyl adjacent to an activating group) is 1. The number of hydrogen-bond acceptors (Lipinski definition) is 5. The molecule has 53 heavy (non-hydrogen) atoms. The molecular weight excluding hydrogens is 683 g/mol. The van der Waals surface area contributed by atoms with Gasteiger partial charge in [0.25, 0.3) is 0 Å². The Morgan fingerprint density at radius 1 is 0.623 bits per heavy atom. The highest BCUT2D eigenvalue weighted by atomic mass is 31.2. The van der Waals surface area contributed by atoms with Crippen LogP contribution in [0.25, 0.3) is 0 Å². The van der Waals surface area contributed by atoms with Crippen LogP contribution in [0.4, 0.5) is 0 Å². The summed E-state index contributed by atoms with van der Waals surface area (Å²) in [5, 5.41) is 13.9. The van der Waals surface area contributed by atoms with Gasteiger partial charge in [-0.15, -0.1) is 0 Å². The molecule has 0 aromatic rings. The number of carbonyl (C=O) groups is 1. The van der Waals surface area contributed by atoms with Gasteiger partial charge in [0.1, 0.15) is 13.2 Å². The van der Waals surface area contributed by atoms with E-state index in [0.717, 1.165) is 44.9 Å². The van der Waals surface area contributed by atoms with Crippen molar-refractivity contribution in [2.24, 2.45) is 0 Å². The van der Waals surface area contributed by atoms with Crippen molar-refractivity contribution >= 4 is 13.7 Å². The third kappa shape index (κ3) is 39.3. The third-order valence-electron chi connectivity index (χ3n) is 10.3. The minimum absolute atomic E-state index is 0.0719. The number of aliphatic hydroxyl groups is 1. The molecule has 0 aliphatic carbocycles. The standard InChI is InChI=1S/C44H89N2O6P/c1-6-8-10-12-14-16-18-19-20-21-22-23-24-25-26-27-28-30-32-34-36-38-44(48)45-42(41-52-53(49,50)51-40-39-46(3,4)5)43(47)37-35-33-31-29-17-15-13-11-9-7-2/h17,29,42-43,47H,6-16,18-28,30-41H2,1-5H3,(H-,45,48,49,50)/p+1/b29-17+/t42-,43+/m0/s1. The van der Waals surface area contributed by atoms with Crippen molar-refractivity contribution in [3.63, 3.8) is 0 Å². The van der Waals surface area contributed by atoms with Gasteiger partial charge in [0.15, 0.2) is 0 Å². The predicted molar refractivity (Wildman–Crippen MR) is 226 cm³/mol. The van der Waals surface area contributed by atoms with Crippen LogP contribution in [0.2, 0.25) is 0 Å². The van der Waals surface area contributed by atoms with E-state index in [2.05, 4.69) is 31.3 Å². The number of phosphoric ester groups is 1. The van der Waals surface area contributed by atoms with E-state index in [-0.39, 0.29) is 19.1 Å². The average molecular weight is 774 g/mol. The van der Waals surface area contributed by atoms with E-state index < -0.39 is 20.0 Å². The minimum atomic E-state index is -4.31. The Morgan fingerprint density at radius 3 is 1.45 bits per heavy atom. The molecule has 0 heterocycles. The maximum absolute atomic E-state index is 12.9. The van der Waals surface area contributed by atoms with Gasteiger partial charge in [-0.1, -0.05) is 180 Å². The van der Waals surface area contributed by atoms with Crippen LogP contribution in [-0.2, 0) is 18.4 Å². The lowest BCUT2D eigenvalue weighted by molar-refractivity contribution is -0.870. The molecular formula is C44H90N2O6P+. The van der Waals surface area contributed by atoms with Crippen LogP contribution >= 0.6 is 7.82 Å². The molecule has 0 saturated carbocycles. The summed E-state index contributed by atoms with van der Waals surface area (Å²) in [5.41, 5.74) is 0. The van der Waals surface area contributed by atoms with Crippen LogP contribution in [0.15, 0.2) is 12.2 Å². The molecule has 0 saturated heterocycles. The molecule has 3 atom stereocenters. The van der Waals surface area contributed by atoms with Crippen molar-refractivity contribution in [1.82, 2.24) is 5.32 Å². The fraction of sp³-hybridized carbons (Fsp3) is 0.932. The molecule has 0 spiro atoms. The molecule has 0 aromatic carbocycles. The molecule has 3 N–H and O–H groups in total. The summed E-state index contributed by atoms with van der Waals surface area (Å²) in [6.45, 7) is 4.85. The second-order valence-electron chi connectivity index (χ2n) is 16.8. The topological polar surface area (TPSA) is 105 Å². The van der Waals surface area contributed by atoms with Gasteiger partial charge in [0, 0.05) is 6.42 Å². The highest BCUT2D eigenvalue weighted by Gasteiger charge is 2.28. The smallest absolute Gasteiger partial charge is 0.391 e. The van der Waals surface area contributed by atoms with Crippen LogP contribution in [-0.4, -0.2) is 73.4 Å². The SMILES string of the molecule is CCCCCC/C=C/CCCC[C@@H](O)[C@H](COP(=O)(O)OCC[N+](C)(C)C)NC(=O)CCCCCCCCCCCCCCCCCCCCCCC. The van der Waals surface area contributed by atoms with Crippen molar-refractivity contribution in [2.45, 2.75) is 225 Å². The molecule has 9 heteroatoms. The zero-order valence-electron chi connectivity index (χ0n) is 35.8. The summed E-state index contributed by atoms with van der Waals surface area (Å²) < 4.78 is 23.5. The summed E-state index contributed by atoms with van der Waals surface area (Å²) in [6.07, 6.45) is 41.1. The van der Waals surface area contributed by atoms with E-state index in [9.17, 15) is 19.4 Å². The molecule has 0 fully saturated rings. The van der Waals surface area contributed by atoms with Gasteiger partial charge < -0.3 is 19.8 Å². The highest BCUT2D eigenvalue weighted by molar-refractivity contribution is 7.47. The first-order chi connectivity index (χ1) is 25.5. The lowest BCUT2D eigenvalue weighted by Crippen LogP contribution is -2.46. The maximum atomic E-state index is 12.9. The van der Waals surface area contributed by atoms with Crippen molar-refractivity contribution in [3.8, 4) is 0 Å². The van der Waals surface area contributed by atoms with E-state index in [4.69, 9.17) is 9.05 Å². The lowest BCUT2D eigenvalue weighted by Gasteiger charge is -2.26. The van der Waals surface area contributed by atoms with Crippen molar-refractivity contribution in [1.29, 1.82) is 0 Å².